The average molecular weight is 440 g/mol. The van der Waals surface area contributed by atoms with Gasteiger partial charge in [0.2, 0.25) is 0 Å². The molecule has 0 fully saturated rings. The molecule has 0 bridgehead atoms. The molecule has 7 heteroatoms. The molecule has 1 aliphatic heterocycles. The molecule has 0 saturated carbocycles. The number of nitrogens with one attached hydrogen (secondary N) is 1. The summed E-state index contributed by atoms with van der Waals surface area (Å²) in [6, 6.07) is 22.0. The summed E-state index contributed by atoms with van der Waals surface area (Å²) in [7, 11) is 0. The summed E-state index contributed by atoms with van der Waals surface area (Å²) in [5, 5.41) is 7.17. The number of carbonyl (C=O) groups excluding carboxylic acids is 2. The van der Waals surface area contributed by atoms with Crippen LogP contribution in [0.25, 0.3) is 0 Å². The van der Waals surface area contributed by atoms with Gasteiger partial charge >= 0.3 is 0 Å². The molecule has 3 aromatic carbocycles. The van der Waals surface area contributed by atoms with Gasteiger partial charge in [0.15, 0.2) is 0 Å². The summed E-state index contributed by atoms with van der Waals surface area (Å²) in [5.41, 5.74) is 3.55. The van der Waals surface area contributed by atoms with Crippen LogP contribution in [-0.2, 0) is 6.54 Å². The molecule has 1 aliphatic rings. The number of fused-ring (bicyclic) bond motifs is 1. The Kier molecular flexibility index (Phi) is 5.44. The van der Waals surface area contributed by atoms with E-state index in [2.05, 4.69) is 16.5 Å². The summed E-state index contributed by atoms with van der Waals surface area (Å²) in [5.74, 6) is -0.902. The highest BCUT2D eigenvalue weighted by Crippen LogP contribution is 2.30. The molecule has 2 amide bonds. The van der Waals surface area contributed by atoms with Crippen molar-refractivity contribution in [1.82, 2.24) is 14.7 Å². The van der Waals surface area contributed by atoms with Crippen molar-refractivity contribution >= 4 is 17.5 Å². The van der Waals surface area contributed by atoms with Crippen LogP contribution in [0, 0.1) is 5.82 Å². The van der Waals surface area contributed by atoms with Gasteiger partial charge < -0.3 is 10.2 Å². The first kappa shape index (κ1) is 20.6. The van der Waals surface area contributed by atoms with Crippen LogP contribution in [0.2, 0.25) is 0 Å². The number of hydrogen-bond donors (Lipinski definition) is 1. The third-order valence-corrected chi connectivity index (χ3v) is 5.77. The quantitative estimate of drug-likeness (QED) is 0.507. The normalized spacial score (nSPS) is 15.1. The first-order valence-electron chi connectivity index (χ1n) is 10.6. The third kappa shape index (κ3) is 4.25. The number of aromatic nitrogens is 2. The molecule has 1 atom stereocenters. The van der Waals surface area contributed by atoms with Crippen molar-refractivity contribution in [3.63, 3.8) is 0 Å². The topological polar surface area (TPSA) is 67.2 Å². The van der Waals surface area contributed by atoms with Crippen molar-refractivity contribution in [1.29, 1.82) is 0 Å². The lowest BCUT2D eigenvalue weighted by Crippen LogP contribution is -2.40. The van der Waals surface area contributed by atoms with Gasteiger partial charge in [0, 0.05) is 42.3 Å². The molecule has 2 heterocycles. The molecule has 6 nitrogen and oxygen atoms in total. The lowest BCUT2D eigenvalue weighted by atomic mass is 9.95. The zero-order valence-electron chi connectivity index (χ0n) is 17.7. The van der Waals surface area contributed by atoms with E-state index in [1.807, 2.05) is 35.1 Å². The van der Waals surface area contributed by atoms with Gasteiger partial charge in [-0.15, -0.1) is 0 Å². The predicted octanol–water partition coefficient (Wildman–Crippen LogP) is 4.52. The van der Waals surface area contributed by atoms with Crippen LogP contribution in [0.3, 0.4) is 0 Å². The van der Waals surface area contributed by atoms with Crippen LogP contribution in [0.15, 0.2) is 91.3 Å². The maximum Gasteiger partial charge on any atom is 0.255 e. The van der Waals surface area contributed by atoms with Crippen molar-refractivity contribution in [3.05, 3.63) is 119 Å². The molecular formula is C26H21FN4O2. The van der Waals surface area contributed by atoms with E-state index in [0.717, 1.165) is 11.1 Å². The van der Waals surface area contributed by atoms with Crippen molar-refractivity contribution in [2.75, 3.05) is 11.9 Å². The van der Waals surface area contributed by atoms with E-state index < -0.39 is 5.82 Å². The minimum absolute atomic E-state index is 0.0738. The van der Waals surface area contributed by atoms with E-state index in [4.69, 9.17) is 0 Å². The van der Waals surface area contributed by atoms with Crippen molar-refractivity contribution in [2.45, 2.75) is 12.6 Å². The smallest absolute Gasteiger partial charge is 0.255 e. The molecule has 4 aromatic rings. The van der Waals surface area contributed by atoms with Gasteiger partial charge in [-0.25, -0.2) is 4.39 Å². The molecule has 164 valence electrons. The van der Waals surface area contributed by atoms with E-state index in [-0.39, 0.29) is 17.9 Å². The number of nitrogens with zero attached hydrogens (tertiary/aromatic N) is 3. The van der Waals surface area contributed by atoms with Crippen molar-refractivity contribution in [3.8, 4) is 0 Å². The summed E-state index contributed by atoms with van der Waals surface area (Å²) >= 11 is 0. The van der Waals surface area contributed by atoms with E-state index in [1.165, 1.54) is 24.3 Å². The lowest BCUT2D eigenvalue weighted by molar-refractivity contribution is 0.0706. The monoisotopic (exact) mass is 440 g/mol. The lowest BCUT2D eigenvalue weighted by Gasteiger charge is -2.35. The number of benzene rings is 3. The van der Waals surface area contributed by atoms with E-state index in [9.17, 15) is 14.0 Å². The zero-order chi connectivity index (χ0) is 22.8. The molecule has 0 saturated heterocycles. The molecule has 0 radical (unpaired) electrons. The highest BCUT2D eigenvalue weighted by Gasteiger charge is 2.30. The maximum atomic E-state index is 13.4. The minimum atomic E-state index is -0.407. The molecule has 33 heavy (non-hydrogen) atoms. The Labute approximate surface area is 190 Å². The number of anilines is 1. The van der Waals surface area contributed by atoms with Crippen LogP contribution in [-0.4, -0.2) is 33.0 Å². The fraction of sp³-hybridized carbons (Fsp3) is 0.115. The number of amides is 2. The number of rotatable bonds is 4. The van der Waals surface area contributed by atoms with E-state index >= 15 is 0 Å². The van der Waals surface area contributed by atoms with Gasteiger partial charge in [-0.3, -0.25) is 14.3 Å². The first-order chi connectivity index (χ1) is 16.1. The average Bonchev–Trinajstić information content (AvgIpc) is 3.38. The van der Waals surface area contributed by atoms with Gasteiger partial charge in [-0.1, -0.05) is 30.3 Å². The van der Waals surface area contributed by atoms with Gasteiger partial charge in [-0.2, -0.15) is 5.10 Å². The minimum Gasteiger partial charge on any atom is -0.332 e. The number of carbonyl (C=O) groups is 2. The summed E-state index contributed by atoms with van der Waals surface area (Å²) < 4.78 is 15.0. The molecule has 0 aliphatic carbocycles. The molecule has 0 spiro atoms. The second-order valence-electron chi connectivity index (χ2n) is 7.93. The maximum absolute atomic E-state index is 13.4. The van der Waals surface area contributed by atoms with Crippen LogP contribution in [0.4, 0.5) is 10.1 Å². The largest absolute Gasteiger partial charge is 0.332 e. The van der Waals surface area contributed by atoms with Crippen molar-refractivity contribution in [2.24, 2.45) is 0 Å². The SMILES string of the molecule is O=C(Nc1cccc(C(=O)N2Cc3ccccc3C(n3cccn3)C2)c1)c1ccc(F)cc1. The summed E-state index contributed by atoms with van der Waals surface area (Å²) in [6.07, 6.45) is 3.64. The second kappa shape index (κ2) is 8.70. The molecule has 1 aromatic heterocycles. The van der Waals surface area contributed by atoms with E-state index in [0.29, 0.717) is 29.9 Å². The Bertz CT molecular complexity index is 1300. The van der Waals surface area contributed by atoms with Gasteiger partial charge in [0.25, 0.3) is 11.8 Å². The summed E-state index contributed by atoms with van der Waals surface area (Å²) in [4.78, 5) is 27.7. The summed E-state index contributed by atoms with van der Waals surface area (Å²) in [6.45, 7) is 0.989. The Morgan fingerprint density at radius 2 is 1.76 bits per heavy atom. The Morgan fingerprint density at radius 3 is 2.55 bits per heavy atom. The van der Waals surface area contributed by atoms with Crippen LogP contribution in [0.5, 0.6) is 0 Å². The van der Waals surface area contributed by atoms with Crippen LogP contribution in [0.1, 0.15) is 37.9 Å². The Morgan fingerprint density at radius 1 is 0.939 bits per heavy atom. The highest BCUT2D eigenvalue weighted by atomic mass is 19.1. The van der Waals surface area contributed by atoms with Gasteiger partial charge in [0.05, 0.1) is 6.04 Å². The standard InChI is InChI=1S/C26H21FN4O2/c27-21-11-9-18(10-12-21)25(32)29-22-7-3-6-19(15-22)26(33)30-16-20-5-1-2-8-23(20)24(17-30)31-14-4-13-28-31/h1-15,24H,16-17H2,(H,29,32). The van der Waals surface area contributed by atoms with Crippen molar-refractivity contribution < 1.29 is 14.0 Å². The van der Waals surface area contributed by atoms with Gasteiger partial charge in [0.1, 0.15) is 5.82 Å². The molecule has 1 unspecified atom stereocenters. The van der Waals surface area contributed by atoms with E-state index in [1.54, 1.807) is 35.4 Å². The number of hydrogen-bond acceptors (Lipinski definition) is 3. The molecule has 1 N–H and O–H groups in total. The highest BCUT2D eigenvalue weighted by molar-refractivity contribution is 6.05. The Balaban J connectivity index is 1.37. The fourth-order valence-electron chi connectivity index (χ4n) is 4.14. The zero-order valence-corrected chi connectivity index (χ0v) is 17.7. The number of halogens is 1. The fourth-order valence-corrected chi connectivity index (χ4v) is 4.14. The second-order valence-corrected chi connectivity index (χ2v) is 7.93. The predicted molar refractivity (Wildman–Crippen MR) is 122 cm³/mol. The van der Waals surface area contributed by atoms with Gasteiger partial charge in [-0.05, 0) is 59.7 Å². The molecule has 5 rings (SSSR count). The van der Waals surface area contributed by atoms with Crippen LogP contribution >= 0.6 is 0 Å². The third-order valence-electron chi connectivity index (χ3n) is 5.77. The van der Waals surface area contributed by atoms with Crippen LogP contribution < -0.4 is 5.32 Å². The Hall–Kier alpha value is -4.26. The first-order valence-corrected chi connectivity index (χ1v) is 10.6. The molecular weight excluding hydrogens is 419 g/mol.